The highest BCUT2D eigenvalue weighted by Gasteiger charge is 2.28. The number of fused-ring (bicyclic) bond motifs is 1. The molecule has 1 atom stereocenters. The van der Waals surface area contributed by atoms with Crippen LogP contribution in [0.4, 0.5) is 5.00 Å². The Balaban J connectivity index is 2.35. The molecule has 0 amide bonds. The number of hydroxylamine groups is 1. The van der Waals surface area contributed by atoms with Gasteiger partial charge in [0, 0.05) is 4.90 Å². The summed E-state index contributed by atoms with van der Waals surface area (Å²) in [7, 11) is 1.63. The molecule has 1 aromatic rings. The van der Waals surface area contributed by atoms with Gasteiger partial charge in [-0.1, -0.05) is 11.8 Å². The molecule has 0 aromatic carbocycles. The van der Waals surface area contributed by atoms with Crippen LogP contribution in [-0.2, 0) is 4.84 Å². The van der Waals surface area contributed by atoms with E-state index in [0.717, 1.165) is 5.00 Å². The van der Waals surface area contributed by atoms with Crippen LogP contribution < -0.4 is 10.8 Å². The van der Waals surface area contributed by atoms with Gasteiger partial charge in [0.15, 0.2) is 5.50 Å². The Bertz CT molecular complexity index is 263. The molecule has 2 rings (SSSR count). The molecule has 1 aromatic heterocycles. The molecule has 0 aliphatic carbocycles. The highest BCUT2D eigenvalue weighted by Crippen LogP contribution is 2.44. The number of hydrogen-bond donors (Lipinski definition) is 1. The number of nitrogens with two attached hydrogens (primary N) is 1. The van der Waals surface area contributed by atoms with Gasteiger partial charge in [-0.15, -0.1) is 11.3 Å². The third kappa shape index (κ3) is 1.04. The minimum absolute atomic E-state index is 0.0811. The molecule has 2 heterocycles. The Morgan fingerprint density at radius 3 is 3.27 bits per heavy atom. The van der Waals surface area contributed by atoms with Crippen molar-refractivity contribution in [3.05, 3.63) is 11.4 Å². The first-order valence-corrected chi connectivity index (χ1v) is 4.92. The summed E-state index contributed by atoms with van der Waals surface area (Å²) in [4.78, 5) is 6.32. The van der Waals surface area contributed by atoms with Gasteiger partial charge < -0.3 is 5.73 Å². The maximum absolute atomic E-state index is 5.75. The molecule has 0 fully saturated rings. The van der Waals surface area contributed by atoms with Gasteiger partial charge in [0.2, 0.25) is 0 Å². The maximum Gasteiger partial charge on any atom is 0.156 e. The Labute approximate surface area is 73.1 Å². The number of hydrogen-bond acceptors (Lipinski definition) is 5. The Kier molecular flexibility index (Phi) is 1.80. The molecule has 1 unspecified atom stereocenters. The Morgan fingerprint density at radius 2 is 2.55 bits per heavy atom. The molecular formula is C6H8N2OS2. The second kappa shape index (κ2) is 2.67. The fraction of sp³-hybridized carbons (Fsp3) is 0.333. The minimum Gasteiger partial charge on any atom is -0.300 e. The molecular weight excluding hydrogens is 180 g/mol. The van der Waals surface area contributed by atoms with Crippen molar-refractivity contribution in [2.75, 3.05) is 12.2 Å². The Morgan fingerprint density at radius 1 is 1.73 bits per heavy atom. The average molecular weight is 188 g/mol. The lowest BCUT2D eigenvalue weighted by molar-refractivity contribution is 0.165. The van der Waals surface area contributed by atoms with Crippen LogP contribution in [0.1, 0.15) is 0 Å². The van der Waals surface area contributed by atoms with Crippen LogP contribution in [0.3, 0.4) is 0 Å². The summed E-state index contributed by atoms with van der Waals surface area (Å²) >= 11 is 3.27. The lowest BCUT2D eigenvalue weighted by Crippen LogP contribution is -2.34. The van der Waals surface area contributed by atoms with E-state index in [4.69, 9.17) is 10.6 Å². The van der Waals surface area contributed by atoms with Gasteiger partial charge in [0.25, 0.3) is 0 Å². The van der Waals surface area contributed by atoms with Gasteiger partial charge in [-0.05, 0) is 11.4 Å². The minimum atomic E-state index is -0.0811. The normalized spacial score (nSPS) is 22.4. The van der Waals surface area contributed by atoms with Gasteiger partial charge in [-0.3, -0.25) is 4.84 Å². The molecule has 0 saturated carbocycles. The van der Waals surface area contributed by atoms with Gasteiger partial charge >= 0.3 is 0 Å². The van der Waals surface area contributed by atoms with Crippen LogP contribution >= 0.6 is 23.1 Å². The van der Waals surface area contributed by atoms with E-state index in [1.165, 1.54) is 4.90 Å². The third-order valence-corrected chi connectivity index (χ3v) is 3.53. The summed E-state index contributed by atoms with van der Waals surface area (Å²) in [5, 5.41) is 4.88. The quantitative estimate of drug-likeness (QED) is 0.724. The summed E-state index contributed by atoms with van der Waals surface area (Å²) < 4.78 is 0. The average Bonchev–Trinajstić information content (AvgIpc) is 2.46. The molecule has 0 spiro atoms. The first kappa shape index (κ1) is 7.42. The van der Waals surface area contributed by atoms with Crippen molar-refractivity contribution in [2.45, 2.75) is 10.4 Å². The fourth-order valence-electron chi connectivity index (χ4n) is 1.02. The SMILES string of the molecule is CON1c2sccc2SC1N. The predicted octanol–water partition coefficient (Wildman–Crippen LogP) is 1.46. The van der Waals surface area contributed by atoms with Gasteiger partial charge in [-0.2, -0.15) is 0 Å². The highest BCUT2D eigenvalue weighted by atomic mass is 32.2. The van der Waals surface area contributed by atoms with E-state index in [9.17, 15) is 0 Å². The maximum atomic E-state index is 5.75. The summed E-state index contributed by atoms with van der Waals surface area (Å²) in [6, 6.07) is 2.06. The zero-order valence-corrected chi connectivity index (χ0v) is 7.61. The van der Waals surface area contributed by atoms with E-state index in [2.05, 4.69) is 6.07 Å². The van der Waals surface area contributed by atoms with Crippen molar-refractivity contribution < 1.29 is 4.84 Å². The second-order valence-electron chi connectivity index (χ2n) is 2.11. The number of nitrogens with zero attached hydrogens (tertiary/aromatic N) is 1. The summed E-state index contributed by atoms with van der Waals surface area (Å²) in [5.74, 6) is 0. The third-order valence-electron chi connectivity index (χ3n) is 1.49. The number of anilines is 1. The monoisotopic (exact) mass is 188 g/mol. The van der Waals surface area contributed by atoms with Crippen molar-refractivity contribution in [1.29, 1.82) is 0 Å². The van der Waals surface area contributed by atoms with Crippen molar-refractivity contribution in [3.8, 4) is 0 Å². The summed E-state index contributed by atoms with van der Waals surface area (Å²) in [6.07, 6.45) is 0. The summed E-state index contributed by atoms with van der Waals surface area (Å²) in [5.41, 5.74) is 5.67. The van der Waals surface area contributed by atoms with E-state index >= 15 is 0 Å². The predicted molar refractivity (Wildman–Crippen MR) is 47.6 cm³/mol. The zero-order valence-electron chi connectivity index (χ0n) is 5.98. The van der Waals surface area contributed by atoms with Crippen molar-refractivity contribution in [3.63, 3.8) is 0 Å². The molecule has 60 valence electrons. The van der Waals surface area contributed by atoms with Gasteiger partial charge in [0.1, 0.15) is 5.00 Å². The second-order valence-corrected chi connectivity index (χ2v) is 4.16. The smallest absolute Gasteiger partial charge is 0.156 e. The lowest BCUT2D eigenvalue weighted by atomic mass is 10.6. The van der Waals surface area contributed by atoms with Crippen LogP contribution in [0, 0.1) is 0 Å². The molecule has 5 heteroatoms. The van der Waals surface area contributed by atoms with E-state index in [0.29, 0.717) is 0 Å². The molecule has 1 aliphatic rings. The molecule has 3 nitrogen and oxygen atoms in total. The number of thiophene rings is 1. The lowest BCUT2D eigenvalue weighted by Gasteiger charge is -2.18. The first-order chi connectivity index (χ1) is 5.33. The topological polar surface area (TPSA) is 38.5 Å². The number of rotatable bonds is 1. The Hall–Kier alpha value is -0.230. The highest BCUT2D eigenvalue weighted by molar-refractivity contribution is 8.00. The molecule has 11 heavy (non-hydrogen) atoms. The van der Waals surface area contributed by atoms with Crippen molar-refractivity contribution >= 4 is 28.1 Å². The van der Waals surface area contributed by atoms with Crippen LogP contribution in [-0.4, -0.2) is 12.6 Å². The standard InChI is InChI=1S/C6H8N2OS2/c1-9-8-5-4(2-3-10-5)11-6(8)7/h2-3,6H,7H2,1H3. The van der Waals surface area contributed by atoms with Crippen LogP contribution in [0.5, 0.6) is 0 Å². The van der Waals surface area contributed by atoms with Crippen LogP contribution in [0.15, 0.2) is 16.3 Å². The van der Waals surface area contributed by atoms with E-state index < -0.39 is 0 Å². The van der Waals surface area contributed by atoms with E-state index in [1.807, 2.05) is 5.38 Å². The molecule has 0 saturated heterocycles. The van der Waals surface area contributed by atoms with Crippen LogP contribution in [0.25, 0.3) is 0 Å². The van der Waals surface area contributed by atoms with E-state index in [-0.39, 0.29) is 5.50 Å². The molecule has 2 N–H and O–H groups in total. The zero-order chi connectivity index (χ0) is 7.84. The molecule has 1 aliphatic heterocycles. The molecule has 0 radical (unpaired) electrons. The van der Waals surface area contributed by atoms with Gasteiger partial charge in [0.05, 0.1) is 7.11 Å². The summed E-state index contributed by atoms with van der Waals surface area (Å²) in [6.45, 7) is 0. The van der Waals surface area contributed by atoms with E-state index in [1.54, 1.807) is 35.3 Å². The largest absolute Gasteiger partial charge is 0.300 e. The van der Waals surface area contributed by atoms with Crippen molar-refractivity contribution in [2.24, 2.45) is 5.73 Å². The van der Waals surface area contributed by atoms with Gasteiger partial charge in [-0.25, -0.2) is 5.06 Å². The fourth-order valence-corrected chi connectivity index (χ4v) is 3.16. The number of thioether (sulfide) groups is 1. The molecule has 0 bridgehead atoms. The van der Waals surface area contributed by atoms with Crippen molar-refractivity contribution in [1.82, 2.24) is 0 Å². The first-order valence-electron chi connectivity index (χ1n) is 3.16. The van der Waals surface area contributed by atoms with Crippen LogP contribution in [0.2, 0.25) is 0 Å².